The first-order chi connectivity index (χ1) is 17.9. The smallest absolute Gasteiger partial charge is 0.243 e. The van der Waals surface area contributed by atoms with Gasteiger partial charge in [-0.2, -0.15) is 0 Å². The Morgan fingerprint density at radius 3 is 2.32 bits per heavy atom. The quantitative estimate of drug-likeness (QED) is 0.322. The highest BCUT2D eigenvalue weighted by Crippen LogP contribution is 2.25. The number of rotatable bonds is 9. The molecular weight excluding hydrogens is 503 g/mol. The Morgan fingerprint density at radius 2 is 1.62 bits per heavy atom. The zero-order chi connectivity index (χ0) is 26.2. The monoisotopic (exact) mass is 536 g/mol. The van der Waals surface area contributed by atoms with E-state index in [4.69, 9.17) is 23.2 Å². The SMILES string of the molecule is Cc1ccccc1CC(=O)N(Cc1ccc(Cl)cc1Cl)C(Cc1ccccc1)C(=O)NC1CCCCC1. The van der Waals surface area contributed by atoms with Gasteiger partial charge >= 0.3 is 0 Å². The summed E-state index contributed by atoms with van der Waals surface area (Å²) in [5, 5.41) is 4.28. The Kier molecular flexibility index (Phi) is 9.65. The van der Waals surface area contributed by atoms with Crippen LogP contribution in [0, 0.1) is 6.92 Å². The van der Waals surface area contributed by atoms with E-state index in [0.717, 1.165) is 47.9 Å². The van der Waals surface area contributed by atoms with E-state index in [1.165, 1.54) is 6.42 Å². The third-order valence-corrected chi connectivity index (χ3v) is 7.77. The van der Waals surface area contributed by atoms with Gasteiger partial charge in [-0.15, -0.1) is 0 Å². The Balaban J connectivity index is 1.68. The first-order valence-corrected chi connectivity index (χ1v) is 13.8. The lowest BCUT2D eigenvalue weighted by atomic mass is 9.94. The van der Waals surface area contributed by atoms with Gasteiger partial charge in [0.15, 0.2) is 0 Å². The van der Waals surface area contributed by atoms with Crippen molar-refractivity contribution in [1.82, 2.24) is 10.2 Å². The minimum absolute atomic E-state index is 0.111. The molecular formula is C31H34Cl2N2O2. The molecule has 4 nitrogen and oxygen atoms in total. The first kappa shape index (κ1) is 27.2. The highest BCUT2D eigenvalue weighted by atomic mass is 35.5. The number of halogens is 2. The topological polar surface area (TPSA) is 49.4 Å². The summed E-state index contributed by atoms with van der Waals surface area (Å²) in [6, 6.07) is 22.5. The molecule has 4 rings (SSSR count). The van der Waals surface area contributed by atoms with Crippen LogP contribution in [0.25, 0.3) is 0 Å². The molecule has 2 amide bonds. The van der Waals surface area contributed by atoms with Crippen molar-refractivity contribution in [2.24, 2.45) is 0 Å². The summed E-state index contributed by atoms with van der Waals surface area (Å²) in [7, 11) is 0. The van der Waals surface area contributed by atoms with Gasteiger partial charge in [0, 0.05) is 29.1 Å². The summed E-state index contributed by atoms with van der Waals surface area (Å²) >= 11 is 12.7. The zero-order valence-electron chi connectivity index (χ0n) is 21.3. The minimum Gasteiger partial charge on any atom is -0.352 e. The van der Waals surface area contributed by atoms with Crippen LogP contribution in [0.5, 0.6) is 0 Å². The van der Waals surface area contributed by atoms with Gasteiger partial charge in [0.25, 0.3) is 0 Å². The van der Waals surface area contributed by atoms with E-state index in [2.05, 4.69) is 5.32 Å². The van der Waals surface area contributed by atoms with Crippen LogP contribution in [0.2, 0.25) is 10.0 Å². The number of carbonyl (C=O) groups excluding carboxylic acids is 2. The van der Waals surface area contributed by atoms with Crippen LogP contribution in [-0.4, -0.2) is 28.8 Å². The van der Waals surface area contributed by atoms with Gasteiger partial charge in [0.1, 0.15) is 6.04 Å². The van der Waals surface area contributed by atoms with Crippen molar-refractivity contribution < 1.29 is 9.59 Å². The average Bonchev–Trinajstić information content (AvgIpc) is 2.89. The van der Waals surface area contributed by atoms with Gasteiger partial charge in [-0.05, 0) is 54.2 Å². The van der Waals surface area contributed by atoms with Gasteiger partial charge in [0.2, 0.25) is 11.8 Å². The van der Waals surface area contributed by atoms with Crippen LogP contribution in [0.1, 0.15) is 54.4 Å². The molecule has 3 aromatic carbocycles. The molecule has 0 bridgehead atoms. The fourth-order valence-corrected chi connectivity index (χ4v) is 5.47. The molecule has 1 aliphatic carbocycles. The minimum atomic E-state index is -0.674. The van der Waals surface area contributed by atoms with E-state index in [1.807, 2.05) is 67.6 Å². The number of amides is 2. The lowest BCUT2D eigenvalue weighted by Crippen LogP contribution is -2.53. The number of benzene rings is 3. The van der Waals surface area contributed by atoms with Crippen molar-refractivity contribution in [3.63, 3.8) is 0 Å². The molecule has 1 fully saturated rings. The summed E-state index contributed by atoms with van der Waals surface area (Å²) in [5.41, 5.74) is 3.76. The second kappa shape index (κ2) is 13.1. The van der Waals surface area contributed by atoms with Crippen LogP contribution in [0.4, 0.5) is 0 Å². The molecule has 37 heavy (non-hydrogen) atoms. The maximum absolute atomic E-state index is 14.0. The zero-order valence-corrected chi connectivity index (χ0v) is 22.8. The van der Waals surface area contributed by atoms with Gasteiger partial charge in [-0.3, -0.25) is 9.59 Å². The second-order valence-electron chi connectivity index (χ2n) is 9.91. The number of nitrogens with one attached hydrogen (secondary N) is 1. The lowest BCUT2D eigenvalue weighted by molar-refractivity contribution is -0.141. The summed E-state index contributed by atoms with van der Waals surface area (Å²) in [5.74, 6) is -0.223. The van der Waals surface area contributed by atoms with Crippen molar-refractivity contribution in [3.05, 3.63) is 105 Å². The molecule has 1 unspecified atom stereocenters. The van der Waals surface area contributed by atoms with E-state index in [0.29, 0.717) is 16.5 Å². The summed E-state index contributed by atoms with van der Waals surface area (Å²) in [6.07, 6.45) is 6.02. The Hall–Kier alpha value is -2.82. The molecule has 3 aromatic rings. The van der Waals surface area contributed by atoms with Crippen molar-refractivity contribution in [3.8, 4) is 0 Å². The lowest BCUT2D eigenvalue weighted by Gasteiger charge is -2.34. The van der Waals surface area contributed by atoms with Crippen LogP contribution in [-0.2, 0) is 29.0 Å². The molecule has 0 spiro atoms. The van der Waals surface area contributed by atoms with E-state index in [1.54, 1.807) is 17.0 Å². The summed E-state index contributed by atoms with van der Waals surface area (Å²) < 4.78 is 0. The van der Waals surface area contributed by atoms with Crippen molar-refractivity contribution >= 4 is 35.0 Å². The fraction of sp³-hybridized carbons (Fsp3) is 0.355. The average molecular weight is 538 g/mol. The normalized spacial score (nSPS) is 14.7. The van der Waals surface area contributed by atoms with Gasteiger partial charge in [-0.25, -0.2) is 0 Å². The molecule has 194 valence electrons. The van der Waals surface area contributed by atoms with Crippen LogP contribution in [0.15, 0.2) is 72.8 Å². The predicted molar refractivity (Wildman–Crippen MR) is 151 cm³/mol. The molecule has 1 saturated carbocycles. The molecule has 0 saturated heterocycles. The molecule has 1 N–H and O–H groups in total. The van der Waals surface area contributed by atoms with Crippen molar-refractivity contribution in [2.75, 3.05) is 0 Å². The standard InChI is InChI=1S/C31H34Cl2N2O2/c1-22-10-8-9-13-24(22)19-30(36)35(21-25-16-17-26(32)20-28(25)33)29(18-23-11-4-2-5-12-23)31(37)34-27-14-6-3-7-15-27/h2,4-5,8-13,16-17,20,27,29H,3,6-7,14-15,18-19,21H2,1H3,(H,34,37). The van der Waals surface area contributed by atoms with E-state index < -0.39 is 6.04 Å². The summed E-state index contributed by atoms with van der Waals surface area (Å²) in [6.45, 7) is 2.22. The highest BCUT2D eigenvalue weighted by molar-refractivity contribution is 6.35. The van der Waals surface area contributed by atoms with Gasteiger partial charge < -0.3 is 10.2 Å². The third-order valence-electron chi connectivity index (χ3n) is 7.18. The van der Waals surface area contributed by atoms with Crippen LogP contribution >= 0.6 is 23.2 Å². The molecule has 0 aliphatic heterocycles. The van der Waals surface area contributed by atoms with Crippen LogP contribution in [0.3, 0.4) is 0 Å². The van der Waals surface area contributed by atoms with Gasteiger partial charge in [-0.1, -0.05) is 103 Å². The molecule has 0 radical (unpaired) electrons. The van der Waals surface area contributed by atoms with Crippen LogP contribution < -0.4 is 5.32 Å². The van der Waals surface area contributed by atoms with Crippen molar-refractivity contribution in [2.45, 2.75) is 70.5 Å². The molecule has 0 heterocycles. The number of hydrogen-bond acceptors (Lipinski definition) is 2. The molecule has 0 aromatic heterocycles. The number of carbonyl (C=O) groups is 2. The first-order valence-electron chi connectivity index (χ1n) is 13.0. The van der Waals surface area contributed by atoms with Crippen molar-refractivity contribution in [1.29, 1.82) is 0 Å². The largest absolute Gasteiger partial charge is 0.352 e. The highest BCUT2D eigenvalue weighted by Gasteiger charge is 2.32. The third kappa shape index (κ3) is 7.59. The number of hydrogen-bond donors (Lipinski definition) is 1. The predicted octanol–water partition coefficient (Wildman–Crippen LogP) is 6.93. The molecule has 6 heteroatoms. The maximum atomic E-state index is 14.0. The maximum Gasteiger partial charge on any atom is 0.243 e. The van der Waals surface area contributed by atoms with E-state index in [9.17, 15) is 9.59 Å². The Morgan fingerprint density at radius 1 is 0.919 bits per heavy atom. The van der Waals surface area contributed by atoms with E-state index >= 15 is 0 Å². The fourth-order valence-electron chi connectivity index (χ4n) is 5.00. The number of aryl methyl sites for hydroxylation is 1. The summed E-state index contributed by atoms with van der Waals surface area (Å²) in [4.78, 5) is 29.5. The Labute approximate surface area is 230 Å². The Bertz CT molecular complexity index is 1210. The molecule has 1 atom stereocenters. The van der Waals surface area contributed by atoms with E-state index in [-0.39, 0.29) is 30.8 Å². The molecule has 1 aliphatic rings. The number of nitrogens with zero attached hydrogens (tertiary/aromatic N) is 1. The second-order valence-corrected chi connectivity index (χ2v) is 10.8. The van der Waals surface area contributed by atoms with Gasteiger partial charge in [0.05, 0.1) is 6.42 Å².